The summed E-state index contributed by atoms with van der Waals surface area (Å²) in [4.78, 5) is 19.9. The Labute approximate surface area is 152 Å². The van der Waals surface area contributed by atoms with Crippen LogP contribution in [0.25, 0.3) is 11.0 Å². The summed E-state index contributed by atoms with van der Waals surface area (Å²) in [5, 5.41) is 3.62. The molecule has 0 amide bonds. The van der Waals surface area contributed by atoms with E-state index in [1.165, 1.54) is 12.3 Å². The van der Waals surface area contributed by atoms with Gasteiger partial charge in [0.05, 0.1) is 5.02 Å². The van der Waals surface area contributed by atoms with Gasteiger partial charge in [0, 0.05) is 27.8 Å². The third-order valence-corrected chi connectivity index (χ3v) is 4.47. The molecule has 0 radical (unpaired) electrons. The highest BCUT2D eigenvalue weighted by molar-refractivity contribution is 9.10. The zero-order valence-electron chi connectivity index (χ0n) is 12.3. The Balaban J connectivity index is 2.04. The van der Waals surface area contributed by atoms with Crippen molar-refractivity contribution in [3.63, 3.8) is 0 Å². The van der Waals surface area contributed by atoms with Crippen LogP contribution in [0.1, 0.15) is 0 Å². The molecule has 5 nitrogen and oxygen atoms in total. The van der Waals surface area contributed by atoms with Crippen molar-refractivity contribution in [2.75, 3.05) is 5.32 Å². The van der Waals surface area contributed by atoms with Gasteiger partial charge in [-0.3, -0.25) is 9.36 Å². The lowest BCUT2D eigenvalue weighted by Gasteiger charge is -2.12. The molecule has 0 unspecified atom stereocenters. The third kappa shape index (κ3) is 4.10. The molecule has 25 heavy (non-hydrogen) atoms. The minimum absolute atomic E-state index is 0.0485. The normalized spacial score (nSPS) is 11.7. The molecule has 0 saturated carbocycles. The Morgan fingerprint density at radius 3 is 2.68 bits per heavy atom. The van der Waals surface area contributed by atoms with Crippen LogP contribution in [0.4, 0.5) is 24.8 Å². The van der Waals surface area contributed by atoms with E-state index in [1.54, 1.807) is 18.2 Å². The van der Waals surface area contributed by atoms with Crippen molar-refractivity contribution in [3.05, 3.63) is 56.4 Å². The Bertz CT molecular complexity index is 1010. The topological polar surface area (TPSA) is 59.8 Å². The first-order chi connectivity index (χ1) is 11.7. The number of halogens is 5. The van der Waals surface area contributed by atoms with Gasteiger partial charge in [0.2, 0.25) is 5.95 Å². The number of alkyl halides is 3. The van der Waals surface area contributed by atoms with Gasteiger partial charge in [-0.25, -0.2) is 4.98 Å². The molecule has 0 saturated heterocycles. The third-order valence-electron chi connectivity index (χ3n) is 3.24. The van der Waals surface area contributed by atoms with Gasteiger partial charge in [0.25, 0.3) is 5.56 Å². The van der Waals surface area contributed by atoms with Gasteiger partial charge in [-0.15, -0.1) is 0 Å². The Kier molecular flexibility index (Phi) is 4.70. The number of anilines is 2. The first-order valence-electron chi connectivity index (χ1n) is 6.88. The molecule has 0 atom stereocenters. The molecule has 0 aliphatic heterocycles. The van der Waals surface area contributed by atoms with Gasteiger partial charge in [-0.2, -0.15) is 18.2 Å². The highest BCUT2D eigenvalue weighted by atomic mass is 79.9. The second kappa shape index (κ2) is 6.64. The van der Waals surface area contributed by atoms with Crippen molar-refractivity contribution >= 4 is 50.2 Å². The maximum absolute atomic E-state index is 12.7. The highest BCUT2D eigenvalue weighted by Crippen LogP contribution is 2.27. The highest BCUT2D eigenvalue weighted by Gasteiger charge is 2.29. The fraction of sp³-hybridized carbons (Fsp3) is 0.133. The van der Waals surface area contributed by atoms with Crippen LogP contribution in [-0.4, -0.2) is 20.7 Å². The zero-order chi connectivity index (χ0) is 18.2. The van der Waals surface area contributed by atoms with Gasteiger partial charge in [0.1, 0.15) is 12.2 Å². The number of benzene rings is 1. The molecule has 1 N–H and O–H groups in total. The van der Waals surface area contributed by atoms with E-state index in [9.17, 15) is 18.0 Å². The summed E-state index contributed by atoms with van der Waals surface area (Å²) in [6.07, 6.45) is -3.20. The van der Waals surface area contributed by atoms with Gasteiger partial charge in [0.15, 0.2) is 0 Å². The van der Waals surface area contributed by atoms with E-state index in [1.807, 2.05) is 0 Å². The Morgan fingerprint density at radius 2 is 2.00 bits per heavy atom. The number of pyridine rings is 1. The average molecular weight is 434 g/mol. The van der Waals surface area contributed by atoms with Crippen molar-refractivity contribution in [2.24, 2.45) is 0 Å². The summed E-state index contributed by atoms with van der Waals surface area (Å²) >= 11 is 9.25. The van der Waals surface area contributed by atoms with Crippen molar-refractivity contribution in [2.45, 2.75) is 12.7 Å². The number of hydrogen-bond acceptors (Lipinski definition) is 4. The molecular weight excluding hydrogens is 425 g/mol. The fourth-order valence-corrected chi connectivity index (χ4v) is 2.59. The van der Waals surface area contributed by atoms with E-state index in [0.717, 1.165) is 6.07 Å². The molecule has 2 aromatic heterocycles. The molecule has 130 valence electrons. The van der Waals surface area contributed by atoms with E-state index in [4.69, 9.17) is 11.6 Å². The molecular formula is C15H9BrClF3N4O. The fourth-order valence-electron chi connectivity index (χ4n) is 2.17. The maximum Gasteiger partial charge on any atom is 0.406 e. The van der Waals surface area contributed by atoms with Crippen LogP contribution in [0.3, 0.4) is 0 Å². The van der Waals surface area contributed by atoms with E-state index in [2.05, 4.69) is 31.2 Å². The lowest BCUT2D eigenvalue weighted by Crippen LogP contribution is -2.28. The number of fused-ring (bicyclic) bond motifs is 1. The first kappa shape index (κ1) is 17.7. The summed E-state index contributed by atoms with van der Waals surface area (Å²) in [7, 11) is 0. The summed E-state index contributed by atoms with van der Waals surface area (Å²) < 4.78 is 39.5. The van der Waals surface area contributed by atoms with E-state index < -0.39 is 18.3 Å². The van der Waals surface area contributed by atoms with E-state index in [0.29, 0.717) is 25.1 Å². The van der Waals surface area contributed by atoms with Crippen LogP contribution in [0, 0.1) is 0 Å². The van der Waals surface area contributed by atoms with E-state index in [-0.39, 0.29) is 11.6 Å². The lowest BCUT2D eigenvalue weighted by atomic mass is 10.3. The SMILES string of the molecule is O=c1ccc2cnc(Nc3ccc(Br)c(Cl)c3)nc2n1CC(F)(F)F. The minimum atomic E-state index is -4.55. The number of nitrogens with zero attached hydrogens (tertiary/aromatic N) is 3. The van der Waals surface area contributed by atoms with Crippen molar-refractivity contribution in [1.29, 1.82) is 0 Å². The Morgan fingerprint density at radius 1 is 1.24 bits per heavy atom. The summed E-state index contributed by atoms with van der Waals surface area (Å²) in [5.41, 5.74) is -0.347. The predicted molar refractivity (Wildman–Crippen MR) is 92.3 cm³/mol. The quantitative estimate of drug-likeness (QED) is 0.660. The molecule has 3 rings (SSSR count). The summed E-state index contributed by atoms with van der Waals surface area (Å²) in [5.74, 6) is 0.0485. The van der Waals surface area contributed by atoms with Crippen LogP contribution < -0.4 is 10.9 Å². The standard InChI is InChI=1S/C15H9BrClF3N4O/c16-10-3-2-9(5-11(10)17)22-14-21-6-8-1-4-12(25)24(13(8)23-14)7-15(18,19)20/h1-6H,7H2,(H,21,22,23). The number of aromatic nitrogens is 3. The molecule has 2 heterocycles. The number of rotatable bonds is 3. The molecule has 1 aromatic carbocycles. The zero-order valence-corrected chi connectivity index (χ0v) is 14.7. The largest absolute Gasteiger partial charge is 0.406 e. The minimum Gasteiger partial charge on any atom is -0.324 e. The smallest absolute Gasteiger partial charge is 0.324 e. The second-order valence-corrected chi connectivity index (χ2v) is 6.36. The lowest BCUT2D eigenvalue weighted by molar-refractivity contribution is -0.140. The van der Waals surface area contributed by atoms with Gasteiger partial charge >= 0.3 is 6.18 Å². The average Bonchev–Trinajstić information content (AvgIpc) is 2.53. The maximum atomic E-state index is 12.7. The van der Waals surface area contributed by atoms with Crippen molar-refractivity contribution in [3.8, 4) is 0 Å². The first-order valence-corrected chi connectivity index (χ1v) is 8.05. The summed E-state index contributed by atoms with van der Waals surface area (Å²) in [6, 6.07) is 7.43. The number of hydrogen-bond donors (Lipinski definition) is 1. The number of nitrogens with one attached hydrogen (secondary N) is 1. The predicted octanol–water partition coefficient (Wildman–Crippen LogP) is 4.51. The monoisotopic (exact) mass is 432 g/mol. The van der Waals surface area contributed by atoms with Crippen LogP contribution in [-0.2, 0) is 6.54 Å². The van der Waals surface area contributed by atoms with Gasteiger partial charge < -0.3 is 5.32 Å². The van der Waals surface area contributed by atoms with E-state index >= 15 is 0 Å². The van der Waals surface area contributed by atoms with Gasteiger partial charge in [-0.1, -0.05) is 11.6 Å². The molecule has 0 fully saturated rings. The van der Waals surface area contributed by atoms with Crippen molar-refractivity contribution in [1.82, 2.24) is 14.5 Å². The molecule has 10 heteroatoms. The van der Waals surface area contributed by atoms with Crippen LogP contribution in [0.5, 0.6) is 0 Å². The van der Waals surface area contributed by atoms with Crippen LogP contribution in [0.2, 0.25) is 5.02 Å². The summed E-state index contributed by atoms with van der Waals surface area (Å²) in [6.45, 7) is -1.43. The molecule has 0 aliphatic rings. The molecule has 0 bridgehead atoms. The van der Waals surface area contributed by atoms with Crippen LogP contribution >= 0.6 is 27.5 Å². The van der Waals surface area contributed by atoms with Crippen LogP contribution in [0.15, 0.2) is 45.8 Å². The van der Waals surface area contributed by atoms with Gasteiger partial charge in [-0.05, 0) is 40.2 Å². The molecule has 0 aliphatic carbocycles. The van der Waals surface area contributed by atoms with Crippen molar-refractivity contribution < 1.29 is 13.2 Å². The molecule has 3 aromatic rings. The second-order valence-electron chi connectivity index (χ2n) is 5.10. The Hall–Kier alpha value is -2.13. The molecule has 0 spiro atoms.